The first-order valence-electron chi connectivity index (χ1n) is 10.1. The summed E-state index contributed by atoms with van der Waals surface area (Å²) in [4.78, 5) is 19.7. The van der Waals surface area contributed by atoms with E-state index in [1.54, 1.807) is 17.0 Å². The molecule has 1 amide bonds. The monoisotopic (exact) mass is 510 g/mol. The fourth-order valence-corrected chi connectivity index (χ4v) is 4.43. The van der Waals surface area contributed by atoms with Gasteiger partial charge in [0.05, 0.1) is 10.6 Å². The molecule has 1 saturated heterocycles. The van der Waals surface area contributed by atoms with E-state index in [2.05, 4.69) is 20.9 Å². The number of amidine groups is 1. The Morgan fingerprint density at radius 1 is 1.06 bits per heavy atom. The summed E-state index contributed by atoms with van der Waals surface area (Å²) in [5.74, 6) is 0.265. The molecule has 32 heavy (non-hydrogen) atoms. The third kappa shape index (κ3) is 5.29. The van der Waals surface area contributed by atoms with Gasteiger partial charge in [-0.1, -0.05) is 46.3 Å². The van der Waals surface area contributed by atoms with E-state index >= 15 is 0 Å². The Morgan fingerprint density at radius 2 is 1.78 bits per heavy atom. The summed E-state index contributed by atoms with van der Waals surface area (Å²) in [7, 11) is 0. The molecule has 4 rings (SSSR count). The molecular weight excluding hydrogens is 491 g/mol. The summed E-state index contributed by atoms with van der Waals surface area (Å²) in [5, 5.41) is 0.573. The number of benzene rings is 3. The molecule has 0 atom stereocenters. The van der Waals surface area contributed by atoms with Crippen LogP contribution in [-0.2, 0) is 11.4 Å². The molecule has 1 aliphatic rings. The summed E-state index contributed by atoms with van der Waals surface area (Å²) in [6.45, 7) is 2.81. The average Bonchev–Trinajstić information content (AvgIpc) is 3.09. The first kappa shape index (κ1) is 22.3. The van der Waals surface area contributed by atoms with Gasteiger partial charge in [0.1, 0.15) is 18.2 Å². The molecule has 1 aliphatic heterocycles. The fourth-order valence-electron chi connectivity index (χ4n) is 3.11. The van der Waals surface area contributed by atoms with Crippen molar-refractivity contribution < 1.29 is 13.9 Å². The number of halogens is 2. The third-order valence-electron chi connectivity index (χ3n) is 4.77. The normalized spacial score (nSPS) is 16.2. The number of ether oxygens (including phenoxy) is 1. The predicted molar refractivity (Wildman–Crippen MR) is 131 cm³/mol. The average molecular weight is 511 g/mol. The SMILES string of the molecule is CCN1C(=O)/C(=C\c2ccccc2OCc2ccc(Br)cc2)SC1=Nc1ccc(F)cc1. The molecule has 0 bridgehead atoms. The van der Waals surface area contributed by atoms with E-state index in [4.69, 9.17) is 4.74 Å². The first-order valence-corrected chi connectivity index (χ1v) is 11.7. The van der Waals surface area contributed by atoms with Crippen molar-refractivity contribution in [3.05, 3.63) is 99.1 Å². The highest BCUT2D eigenvalue weighted by Crippen LogP contribution is 2.35. The van der Waals surface area contributed by atoms with E-state index in [0.29, 0.717) is 34.7 Å². The van der Waals surface area contributed by atoms with E-state index in [9.17, 15) is 9.18 Å². The Bertz CT molecular complexity index is 1180. The van der Waals surface area contributed by atoms with Crippen LogP contribution >= 0.6 is 27.7 Å². The molecule has 1 fully saturated rings. The predicted octanol–water partition coefficient (Wildman–Crippen LogP) is 6.79. The molecule has 7 heteroatoms. The fraction of sp³-hybridized carbons (Fsp3) is 0.120. The van der Waals surface area contributed by atoms with Crippen LogP contribution in [0.4, 0.5) is 10.1 Å². The Hall–Kier alpha value is -2.90. The van der Waals surface area contributed by atoms with Crippen LogP contribution in [0, 0.1) is 5.82 Å². The molecule has 3 aromatic rings. The highest BCUT2D eigenvalue weighted by atomic mass is 79.9. The lowest BCUT2D eigenvalue weighted by Crippen LogP contribution is -2.28. The second kappa shape index (κ2) is 10.1. The van der Waals surface area contributed by atoms with Crippen molar-refractivity contribution >= 4 is 50.5 Å². The maximum absolute atomic E-state index is 13.2. The number of rotatable bonds is 6. The largest absolute Gasteiger partial charge is 0.488 e. The van der Waals surface area contributed by atoms with E-state index in [0.717, 1.165) is 15.6 Å². The van der Waals surface area contributed by atoms with Gasteiger partial charge in [-0.15, -0.1) is 0 Å². The molecule has 0 radical (unpaired) electrons. The van der Waals surface area contributed by atoms with Crippen molar-refractivity contribution in [1.82, 2.24) is 4.90 Å². The first-order chi connectivity index (χ1) is 15.5. The Labute approximate surface area is 198 Å². The molecule has 0 N–H and O–H groups in total. The molecule has 0 unspecified atom stereocenters. The minimum atomic E-state index is -0.322. The summed E-state index contributed by atoms with van der Waals surface area (Å²) < 4.78 is 20.2. The highest BCUT2D eigenvalue weighted by molar-refractivity contribution is 9.10. The van der Waals surface area contributed by atoms with Crippen LogP contribution in [0.2, 0.25) is 0 Å². The topological polar surface area (TPSA) is 41.9 Å². The lowest BCUT2D eigenvalue weighted by atomic mass is 10.1. The molecule has 4 nitrogen and oxygen atoms in total. The van der Waals surface area contributed by atoms with E-state index in [-0.39, 0.29) is 11.7 Å². The molecule has 0 aliphatic carbocycles. The van der Waals surface area contributed by atoms with Crippen LogP contribution in [0.25, 0.3) is 6.08 Å². The van der Waals surface area contributed by atoms with Gasteiger partial charge in [-0.3, -0.25) is 9.69 Å². The lowest BCUT2D eigenvalue weighted by Gasteiger charge is -2.12. The van der Waals surface area contributed by atoms with E-state index in [1.165, 1.54) is 23.9 Å². The second-order valence-electron chi connectivity index (χ2n) is 6.98. The van der Waals surface area contributed by atoms with Gasteiger partial charge in [0.25, 0.3) is 5.91 Å². The van der Waals surface area contributed by atoms with Crippen LogP contribution < -0.4 is 4.74 Å². The van der Waals surface area contributed by atoms with Crippen LogP contribution in [0.3, 0.4) is 0 Å². The van der Waals surface area contributed by atoms with Crippen molar-refractivity contribution in [2.75, 3.05) is 6.54 Å². The standard InChI is InChI=1S/C25H20BrFN2O2S/c1-2-29-24(30)23(32-25(29)28-21-13-11-20(27)12-14-21)15-18-5-3-4-6-22(18)31-16-17-7-9-19(26)10-8-17/h3-15H,2,16H2,1H3/b23-15+,28-25?. The number of carbonyl (C=O) groups is 1. The third-order valence-corrected chi connectivity index (χ3v) is 6.30. The maximum atomic E-state index is 13.2. The maximum Gasteiger partial charge on any atom is 0.266 e. The van der Waals surface area contributed by atoms with Crippen molar-refractivity contribution in [2.24, 2.45) is 4.99 Å². The zero-order chi connectivity index (χ0) is 22.5. The number of carbonyl (C=O) groups excluding carboxylic acids is 1. The van der Waals surface area contributed by atoms with Crippen LogP contribution in [-0.4, -0.2) is 22.5 Å². The van der Waals surface area contributed by atoms with Crippen LogP contribution in [0.5, 0.6) is 5.75 Å². The van der Waals surface area contributed by atoms with Gasteiger partial charge >= 0.3 is 0 Å². The van der Waals surface area contributed by atoms with Crippen molar-refractivity contribution in [1.29, 1.82) is 0 Å². The number of hydrogen-bond donors (Lipinski definition) is 0. The highest BCUT2D eigenvalue weighted by Gasteiger charge is 2.32. The lowest BCUT2D eigenvalue weighted by molar-refractivity contribution is -0.122. The van der Waals surface area contributed by atoms with Gasteiger partial charge in [0.15, 0.2) is 5.17 Å². The number of amides is 1. The Kier molecular flexibility index (Phi) is 7.07. The zero-order valence-electron chi connectivity index (χ0n) is 17.3. The van der Waals surface area contributed by atoms with Gasteiger partial charge in [0.2, 0.25) is 0 Å². The van der Waals surface area contributed by atoms with Crippen molar-refractivity contribution in [3.8, 4) is 5.75 Å². The minimum Gasteiger partial charge on any atom is -0.488 e. The van der Waals surface area contributed by atoms with Gasteiger partial charge in [-0.2, -0.15) is 0 Å². The Morgan fingerprint density at radius 3 is 2.50 bits per heavy atom. The second-order valence-corrected chi connectivity index (χ2v) is 8.91. The number of thioether (sulfide) groups is 1. The molecule has 3 aromatic carbocycles. The smallest absolute Gasteiger partial charge is 0.266 e. The van der Waals surface area contributed by atoms with E-state index < -0.39 is 0 Å². The number of para-hydroxylation sites is 1. The molecule has 0 saturated carbocycles. The summed E-state index contributed by atoms with van der Waals surface area (Å²) >= 11 is 4.74. The minimum absolute atomic E-state index is 0.110. The van der Waals surface area contributed by atoms with Gasteiger partial charge in [-0.25, -0.2) is 9.38 Å². The summed E-state index contributed by atoms with van der Waals surface area (Å²) in [6.07, 6.45) is 1.83. The number of likely N-dealkylation sites (N-methyl/N-ethyl adjacent to an activating group) is 1. The quantitative estimate of drug-likeness (QED) is 0.342. The molecule has 162 valence electrons. The Balaban J connectivity index is 1.57. The number of hydrogen-bond acceptors (Lipinski definition) is 4. The van der Waals surface area contributed by atoms with Crippen molar-refractivity contribution in [2.45, 2.75) is 13.5 Å². The number of nitrogens with zero attached hydrogens (tertiary/aromatic N) is 2. The molecular formula is C25H20BrFN2O2S. The number of aliphatic imine (C=N–C) groups is 1. The van der Waals surface area contributed by atoms with Gasteiger partial charge in [-0.05, 0) is 72.8 Å². The molecule has 0 spiro atoms. The van der Waals surface area contributed by atoms with Gasteiger partial charge < -0.3 is 4.74 Å². The molecule has 1 heterocycles. The summed E-state index contributed by atoms with van der Waals surface area (Å²) in [5.41, 5.74) is 2.46. The van der Waals surface area contributed by atoms with E-state index in [1.807, 2.05) is 61.5 Å². The van der Waals surface area contributed by atoms with Crippen LogP contribution in [0.15, 0.2) is 87.2 Å². The van der Waals surface area contributed by atoms with Gasteiger partial charge in [0, 0.05) is 16.6 Å². The molecule has 0 aromatic heterocycles. The van der Waals surface area contributed by atoms with Crippen LogP contribution in [0.1, 0.15) is 18.1 Å². The summed E-state index contributed by atoms with van der Waals surface area (Å²) in [6, 6.07) is 21.5. The van der Waals surface area contributed by atoms with Crippen molar-refractivity contribution in [3.63, 3.8) is 0 Å². The zero-order valence-corrected chi connectivity index (χ0v) is 19.7.